The third-order valence-electron chi connectivity index (χ3n) is 3.25. The molecule has 20 heavy (non-hydrogen) atoms. The molecule has 0 heterocycles. The van der Waals surface area contributed by atoms with Gasteiger partial charge in [0, 0.05) is 11.6 Å². The topological polar surface area (TPSA) is 12.0 Å². The zero-order valence-electron chi connectivity index (χ0n) is 11.8. The van der Waals surface area contributed by atoms with Crippen LogP contribution in [0.15, 0.2) is 30.3 Å². The van der Waals surface area contributed by atoms with Crippen LogP contribution < -0.4 is 5.32 Å². The van der Waals surface area contributed by atoms with Gasteiger partial charge < -0.3 is 5.32 Å². The third-order valence-corrected chi connectivity index (χ3v) is 3.46. The molecule has 0 fully saturated rings. The highest BCUT2D eigenvalue weighted by Gasteiger charge is 2.07. The minimum absolute atomic E-state index is 0. The molecule has 0 atom stereocenters. The molecule has 1 N–H and O–H groups in total. The number of benzene rings is 2. The van der Waals surface area contributed by atoms with Gasteiger partial charge in [0.05, 0.1) is 0 Å². The van der Waals surface area contributed by atoms with Crippen molar-refractivity contribution < 1.29 is 4.39 Å². The van der Waals surface area contributed by atoms with Crippen molar-refractivity contribution in [3.05, 3.63) is 57.9 Å². The van der Waals surface area contributed by atoms with Gasteiger partial charge in [0.2, 0.25) is 0 Å². The summed E-state index contributed by atoms with van der Waals surface area (Å²) in [6.45, 7) is 4.98. The second-order valence-electron chi connectivity index (χ2n) is 4.78. The molecule has 0 radical (unpaired) electrons. The Morgan fingerprint density at radius 1 is 1.00 bits per heavy atom. The summed E-state index contributed by atoms with van der Waals surface area (Å²) in [6.07, 6.45) is 0. The van der Waals surface area contributed by atoms with E-state index in [9.17, 15) is 4.39 Å². The number of hydrogen-bond acceptors (Lipinski definition) is 1. The molecule has 0 saturated carbocycles. The van der Waals surface area contributed by atoms with Crippen molar-refractivity contribution in [1.82, 2.24) is 5.32 Å². The fourth-order valence-corrected chi connectivity index (χ4v) is 2.56. The summed E-state index contributed by atoms with van der Waals surface area (Å²) in [5, 5.41) is 3.58. The number of halogens is 3. The molecule has 2 rings (SSSR count). The maximum absolute atomic E-state index is 13.4. The first-order chi connectivity index (χ1) is 9.01. The minimum Gasteiger partial charge on any atom is -0.316 e. The van der Waals surface area contributed by atoms with Crippen molar-refractivity contribution >= 4 is 24.0 Å². The average Bonchev–Trinajstić information content (AvgIpc) is 2.32. The Balaban J connectivity index is 0.00000200. The van der Waals surface area contributed by atoms with E-state index in [1.165, 1.54) is 28.8 Å². The number of aryl methyl sites for hydroxylation is 2. The number of hydrogen-bond donors (Lipinski definition) is 1. The van der Waals surface area contributed by atoms with Crippen molar-refractivity contribution in [3.63, 3.8) is 0 Å². The minimum atomic E-state index is -0.308. The van der Waals surface area contributed by atoms with E-state index >= 15 is 0 Å². The Labute approximate surface area is 130 Å². The first-order valence-electron chi connectivity index (χ1n) is 6.22. The average molecular weight is 314 g/mol. The molecule has 0 aliphatic carbocycles. The fraction of sp³-hybridized carbons (Fsp3) is 0.250. The summed E-state index contributed by atoms with van der Waals surface area (Å²) >= 11 is 5.91. The van der Waals surface area contributed by atoms with Crippen molar-refractivity contribution in [2.75, 3.05) is 7.05 Å². The van der Waals surface area contributed by atoms with E-state index in [2.05, 4.69) is 31.3 Å². The van der Waals surface area contributed by atoms with Crippen LogP contribution in [0.3, 0.4) is 0 Å². The van der Waals surface area contributed by atoms with Crippen LogP contribution in [0.4, 0.5) is 4.39 Å². The molecule has 0 aliphatic rings. The van der Waals surface area contributed by atoms with Gasteiger partial charge in [0.25, 0.3) is 0 Å². The second kappa shape index (κ2) is 7.07. The first kappa shape index (κ1) is 17.0. The monoisotopic (exact) mass is 313 g/mol. The van der Waals surface area contributed by atoms with Crippen LogP contribution in [-0.4, -0.2) is 7.05 Å². The predicted octanol–water partition coefficient (Wildman–Crippen LogP) is 4.90. The highest BCUT2D eigenvalue weighted by molar-refractivity contribution is 6.30. The van der Waals surface area contributed by atoms with E-state index in [0.717, 1.165) is 17.7 Å². The van der Waals surface area contributed by atoms with Crippen molar-refractivity contribution in [2.45, 2.75) is 20.4 Å². The summed E-state index contributed by atoms with van der Waals surface area (Å²) in [7, 11) is 1.93. The molecule has 0 aromatic heterocycles. The second-order valence-corrected chi connectivity index (χ2v) is 5.21. The van der Waals surface area contributed by atoms with E-state index in [1.807, 2.05) is 7.05 Å². The molecule has 2 aromatic carbocycles. The van der Waals surface area contributed by atoms with Crippen LogP contribution in [-0.2, 0) is 6.54 Å². The van der Waals surface area contributed by atoms with Crippen molar-refractivity contribution in [1.29, 1.82) is 0 Å². The SMILES string of the molecule is CNCc1c(C)cc(-c2cc(F)cc(Cl)c2)cc1C.Cl. The van der Waals surface area contributed by atoms with Gasteiger partial charge in [-0.05, 0) is 66.9 Å². The summed E-state index contributed by atoms with van der Waals surface area (Å²) in [4.78, 5) is 0. The molecule has 0 bridgehead atoms. The summed E-state index contributed by atoms with van der Waals surface area (Å²) in [5.74, 6) is -0.308. The Morgan fingerprint density at radius 3 is 2.05 bits per heavy atom. The van der Waals surface area contributed by atoms with E-state index in [-0.39, 0.29) is 18.2 Å². The zero-order chi connectivity index (χ0) is 14.0. The van der Waals surface area contributed by atoms with Crippen LogP contribution in [0, 0.1) is 19.7 Å². The summed E-state index contributed by atoms with van der Waals surface area (Å²) < 4.78 is 13.4. The van der Waals surface area contributed by atoms with Crippen LogP contribution >= 0.6 is 24.0 Å². The van der Waals surface area contributed by atoms with Gasteiger partial charge in [-0.2, -0.15) is 0 Å². The van der Waals surface area contributed by atoms with Gasteiger partial charge in [-0.25, -0.2) is 4.39 Å². The Morgan fingerprint density at radius 2 is 1.55 bits per heavy atom. The molecular weight excluding hydrogens is 296 g/mol. The van der Waals surface area contributed by atoms with E-state index < -0.39 is 0 Å². The largest absolute Gasteiger partial charge is 0.316 e. The first-order valence-corrected chi connectivity index (χ1v) is 6.60. The Hall–Kier alpha value is -1.09. The van der Waals surface area contributed by atoms with Gasteiger partial charge in [0.15, 0.2) is 0 Å². The van der Waals surface area contributed by atoms with Gasteiger partial charge in [-0.3, -0.25) is 0 Å². The van der Waals surface area contributed by atoms with Crippen molar-refractivity contribution in [2.24, 2.45) is 0 Å². The van der Waals surface area contributed by atoms with Gasteiger partial charge >= 0.3 is 0 Å². The molecule has 4 heteroatoms. The molecule has 0 unspecified atom stereocenters. The quantitative estimate of drug-likeness (QED) is 0.849. The zero-order valence-corrected chi connectivity index (χ0v) is 13.3. The van der Waals surface area contributed by atoms with E-state index in [4.69, 9.17) is 11.6 Å². The Kier molecular flexibility index (Phi) is 6.00. The molecule has 2 aromatic rings. The maximum Gasteiger partial charge on any atom is 0.125 e. The summed E-state index contributed by atoms with van der Waals surface area (Å²) in [6, 6.07) is 8.77. The standard InChI is InChI=1S/C16H17ClFN.ClH/c1-10-4-12(5-11(2)16(10)9-19-3)13-6-14(17)8-15(18)7-13;/h4-8,19H,9H2,1-3H3;1H. The molecule has 0 amide bonds. The lowest BCUT2D eigenvalue weighted by Gasteiger charge is -2.13. The molecule has 1 nitrogen and oxygen atoms in total. The third kappa shape index (κ3) is 3.72. The van der Waals surface area contributed by atoms with E-state index in [1.54, 1.807) is 6.07 Å². The lowest BCUT2D eigenvalue weighted by atomic mass is 9.95. The number of rotatable bonds is 3. The van der Waals surface area contributed by atoms with Gasteiger partial charge in [-0.1, -0.05) is 23.7 Å². The van der Waals surface area contributed by atoms with Crippen molar-refractivity contribution in [3.8, 4) is 11.1 Å². The molecular formula is C16H18Cl2FN. The highest BCUT2D eigenvalue weighted by atomic mass is 35.5. The predicted molar refractivity (Wildman–Crippen MR) is 86.3 cm³/mol. The molecule has 0 spiro atoms. The summed E-state index contributed by atoms with van der Waals surface area (Å²) in [5.41, 5.74) is 5.49. The van der Waals surface area contributed by atoms with Crippen LogP contribution in [0.1, 0.15) is 16.7 Å². The number of nitrogens with one attached hydrogen (secondary N) is 1. The van der Waals surface area contributed by atoms with Crippen LogP contribution in [0.2, 0.25) is 5.02 Å². The Bertz CT molecular complexity index is 568. The van der Waals surface area contributed by atoms with E-state index in [0.29, 0.717) is 5.02 Å². The van der Waals surface area contributed by atoms with Gasteiger partial charge in [0.1, 0.15) is 5.82 Å². The van der Waals surface area contributed by atoms with Gasteiger partial charge in [-0.15, -0.1) is 12.4 Å². The maximum atomic E-state index is 13.4. The van der Waals surface area contributed by atoms with Crippen LogP contribution in [0.25, 0.3) is 11.1 Å². The molecule has 108 valence electrons. The lowest BCUT2D eigenvalue weighted by molar-refractivity contribution is 0.628. The normalized spacial score (nSPS) is 10.2. The highest BCUT2D eigenvalue weighted by Crippen LogP contribution is 2.28. The van der Waals surface area contributed by atoms with Crippen LogP contribution in [0.5, 0.6) is 0 Å². The molecule has 0 saturated heterocycles. The fourth-order valence-electron chi connectivity index (χ4n) is 2.34. The molecule has 0 aliphatic heterocycles. The lowest BCUT2D eigenvalue weighted by Crippen LogP contribution is -2.08. The smallest absolute Gasteiger partial charge is 0.125 e.